The van der Waals surface area contributed by atoms with Gasteiger partial charge in [-0.2, -0.15) is 0 Å². The number of hydrogen-bond acceptors (Lipinski definition) is 0. The van der Waals surface area contributed by atoms with Gasteiger partial charge in [-0.05, 0) is 25.3 Å². The molecule has 0 atom stereocenters. The summed E-state index contributed by atoms with van der Waals surface area (Å²) in [5.74, 6) is 7.05. The van der Waals surface area contributed by atoms with Gasteiger partial charge in [-0.1, -0.05) is 50.5 Å². The van der Waals surface area contributed by atoms with Crippen LogP contribution < -0.4 is 0 Å². The third-order valence-corrected chi connectivity index (χ3v) is 2.48. The zero-order valence-electron chi connectivity index (χ0n) is 9.90. The lowest BCUT2D eigenvalue weighted by molar-refractivity contribution is 0.682. The number of alkyl halides is 1. The zero-order chi connectivity index (χ0) is 11.2. The van der Waals surface area contributed by atoms with Gasteiger partial charge in [0.25, 0.3) is 0 Å². The Kier molecular flexibility index (Phi) is 13.2. The summed E-state index contributed by atoms with van der Waals surface area (Å²) in [5.41, 5.74) is 0. The van der Waals surface area contributed by atoms with Gasteiger partial charge in [-0.3, -0.25) is 0 Å². The van der Waals surface area contributed by atoms with Crippen molar-refractivity contribution in [3.05, 3.63) is 12.2 Å². The van der Waals surface area contributed by atoms with E-state index in [0.717, 1.165) is 18.7 Å². The van der Waals surface area contributed by atoms with Crippen LogP contribution in [0.3, 0.4) is 0 Å². The highest BCUT2D eigenvalue weighted by atomic mass is 35.5. The molecule has 0 aromatic carbocycles. The van der Waals surface area contributed by atoms with Crippen LogP contribution in [0.5, 0.6) is 0 Å². The number of halogens is 1. The molecule has 0 fully saturated rings. The molecule has 0 aliphatic rings. The van der Waals surface area contributed by atoms with Crippen molar-refractivity contribution in [2.24, 2.45) is 0 Å². The molecule has 0 rings (SSSR count). The minimum atomic E-state index is 0.797. The summed E-state index contributed by atoms with van der Waals surface area (Å²) < 4.78 is 0. The molecular formula is C14H23Cl. The lowest BCUT2D eigenvalue weighted by atomic mass is 10.1. The average Bonchev–Trinajstić information content (AvgIpc) is 2.26. The zero-order valence-corrected chi connectivity index (χ0v) is 10.7. The van der Waals surface area contributed by atoms with E-state index in [9.17, 15) is 0 Å². The molecule has 0 radical (unpaired) electrons. The van der Waals surface area contributed by atoms with Crippen molar-refractivity contribution in [3.63, 3.8) is 0 Å². The normalized spacial score (nSPS) is 10.3. The first-order chi connectivity index (χ1) is 7.41. The smallest absolute Gasteiger partial charge is 0.0223 e. The summed E-state index contributed by atoms with van der Waals surface area (Å²) in [4.78, 5) is 0. The number of unbranched alkanes of at least 4 members (excludes halogenated alkanes) is 6. The van der Waals surface area contributed by atoms with Crippen molar-refractivity contribution in [1.29, 1.82) is 0 Å². The van der Waals surface area contributed by atoms with Crippen LogP contribution in [-0.2, 0) is 0 Å². The molecule has 0 saturated heterocycles. The van der Waals surface area contributed by atoms with Crippen molar-refractivity contribution in [2.75, 3.05) is 5.88 Å². The predicted molar refractivity (Wildman–Crippen MR) is 70.2 cm³/mol. The molecule has 0 spiro atoms. The summed E-state index contributed by atoms with van der Waals surface area (Å²) in [6.07, 6.45) is 13.8. The van der Waals surface area contributed by atoms with Crippen LogP contribution in [0.15, 0.2) is 12.2 Å². The minimum absolute atomic E-state index is 0.797. The van der Waals surface area contributed by atoms with Crippen LogP contribution in [-0.4, -0.2) is 5.88 Å². The van der Waals surface area contributed by atoms with Crippen LogP contribution in [0.4, 0.5) is 0 Å². The Labute approximate surface area is 100 Å². The summed E-state index contributed by atoms with van der Waals surface area (Å²) in [6.45, 7) is 2.21. The molecule has 0 heterocycles. The first-order valence-corrected chi connectivity index (χ1v) is 6.64. The van der Waals surface area contributed by atoms with Crippen LogP contribution >= 0.6 is 11.6 Å². The fourth-order valence-corrected chi connectivity index (χ4v) is 1.45. The van der Waals surface area contributed by atoms with Crippen LogP contribution in [0.25, 0.3) is 0 Å². The molecule has 0 unspecified atom stereocenters. The maximum Gasteiger partial charge on any atom is 0.0223 e. The van der Waals surface area contributed by atoms with Crippen LogP contribution in [0, 0.1) is 11.8 Å². The minimum Gasteiger partial charge on any atom is -0.127 e. The van der Waals surface area contributed by atoms with Gasteiger partial charge in [0, 0.05) is 12.3 Å². The molecule has 0 aliphatic carbocycles. The standard InChI is InChI=1S/C14H23Cl/c1-2-3-4-5-6-7-8-9-10-11-12-13-14-15/h5-6H,2-4,9-14H2,1H3/b6-5-. The first kappa shape index (κ1) is 14.6. The molecule has 0 saturated carbocycles. The number of hydrogen-bond donors (Lipinski definition) is 0. The van der Waals surface area contributed by atoms with E-state index in [4.69, 9.17) is 11.6 Å². The Morgan fingerprint density at radius 2 is 1.87 bits per heavy atom. The third-order valence-electron chi connectivity index (χ3n) is 2.21. The molecule has 0 bridgehead atoms. The van der Waals surface area contributed by atoms with Gasteiger partial charge in [0.15, 0.2) is 0 Å². The Morgan fingerprint density at radius 1 is 1.07 bits per heavy atom. The Bertz CT molecular complexity index is 195. The topological polar surface area (TPSA) is 0 Å². The van der Waals surface area contributed by atoms with Crippen LogP contribution in [0.1, 0.15) is 58.3 Å². The van der Waals surface area contributed by atoms with Crippen LogP contribution in [0.2, 0.25) is 0 Å². The van der Waals surface area contributed by atoms with Gasteiger partial charge >= 0.3 is 0 Å². The van der Waals surface area contributed by atoms with E-state index in [1.54, 1.807) is 0 Å². The monoisotopic (exact) mass is 226 g/mol. The lowest BCUT2D eigenvalue weighted by Crippen LogP contribution is -1.77. The molecule has 86 valence electrons. The van der Waals surface area contributed by atoms with Gasteiger partial charge in [0.1, 0.15) is 0 Å². The van der Waals surface area contributed by atoms with Gasteiger partial charge in [0.2, 0.25) is 0 Å². The maximum absolute atomic E-state index is 5.59. The van der Waals surface area contributed by atoms with E-state index in [0.29, 0.717) is 0 Å². The fourth-order valence-electron chi connectivity index (χ4n) is 1.26. The van der Waals surface area contributed by atoms with Crippen molar-refractivity contribution in [2.45, 2.75) is 58.3 Å². The Morgan fingerprint density at radius 3 is 2.60 bits per heavy atom. The van der Waals surface area contributed by atoms with E-state index in [1.165, 1.54) is 38.5 Å². The van der Waals surface area contributed by atoms with E-state index in [-0.39, 0.29) is 0 Å². The van der Waals surface area contributed by atoms with Gasteiger partial charge in [-0.25, -0.2) is 0 Å². The molecule has 0 amide bonds. The van der Waals surface area contributed by atoms with Crippen molar-refractivity contribution < 1.29 is 0 Å². The maximum atomic E-state index is 5.59. The molecular weight excluding hydrogens is 204 g/mol. The third kappa shape index (κ3) is 13.6. The largest absolute Gasteiger partial charge is 0.127 e. The van der Waals surface area contributed by atoms with E-state index in [2.05, 4.69) is 24.8 Å². The molecule has 0 nitrogen and oxygen atoms in total. The first-order valence-electron chi connectivity index (χ1n) is 6.11. The second-order valence-electron chi connectivity index (χ2n) is 3.72. The highest BCUT2D eigenvalue weighted by molar-refractivity contribution is 6.17. The number of allylic oxidation sites excluding steroid dienone is 2. The van der Waals surface area contributed by atoms with Gasteiger partial charge in [-0.15, -0.1) is 11.6 Å². The molecule has 15 heavy (non-hydrogen) atoms. The summed E-state index contributed by atoms with van der Waals surface area (Å²) in [7, 11) is 0. The summed E-state index contributed by atoms with van der Waals surface area (Å²) in [5, 5.41) is 0. The van der Waals surface area contributed by atoms with E-state index < -0.39 is 0 Å². The highest BCUT2D eigenvalue weighted by Gasteiger charge is 1.86. The second kappa shape index (κ2) is 13.6. The summed E-state index contributed by atoms with van der Waals surface area (Å²) in [6, 6.07) is 0. The Balaban J connectivity index is 3.19. The Hall–Kier alpha value is -0.410. The van der Waals surface area contributed by atoms with Gasteiger partial charge < -0.3 is 0 Å². The SMILES string of the molecule is CCCC/C=C\C#CCCCCCCCl. The second-order valence-corrected chi connectivity index (χ2v) is 4.10. The lowest BCUT2D eigenvalue weighted by Gasteiger charge is -1.93. The molecule has 0 aliphatic heterocycles. The van der Waals surface area contributed by atoms with Gasteiger partial charge in [0.05, 0.1) is 0 Å². The highest BCUT2D eigenvalue weighted by Crippen LogP contribution is 2.02. The van der Waals surface area contributed by atoms with Crippen molar-refractivity contribution in [3.8, 4) is 11.8 Å². The van der Waals surface area contributed by atoms with Crippen molar-refractivity contribution in [1.82, 2.24) is 0 Å². The molecule has 0 aromatic rings. The van der Waals surface area contributed by atoms with E-state index in [1.807, 2.05) is 6.08 Å². The fraction of sp³-hybridized carbons (Fsp3) is 0.714. The van der Waals surface area contributed by atoms with E-state index >= 15 is 0 Å². The predicted octanol–water partition coefficient (Wildman–Crippen LogP) is 4.93. The summed E-state index contributed by atoms with van der Waals surface area (Å²) >= 11 is 5.59. The van der Waals surface area contributed by atoms with Crippen molar-refractivity contribution >= 4 is 11.6 Å². The molecule has 1 heteroatoms. The molecule has 0 aromatic heterocycles. The molecule has 0 N–H and O–H groups in total. The average molecular weight is 227 g/mol. The quantitative estimate of drug-likeness (QED) is 0.313. The number of rotatable bonds is 8.